The van der Waals surface area contributed by atoms with Crippen LogP contribution in [0.1, 0.15) is 99.3 Å². The van der Waals surface area contributed by atoms with Gasteiger partial charge in [0.25, 0.3) is 0 Å². The summed E-state index contributed by atoms with van der Waals surface area (Å²) in [5.74, 6) is -2.08. The van der Waals surface area contributed by atoms with Crippen molar-refractivity contribution in [2.45, 2.75) is 219 Å². The quantitative estimate of drug-likeness (QED) is 0.0587. The van der Waals surface area contributed by atoms with Gasteiger partial charge >= 0.3 is 24.4 Å². The Balaban J connectivity index is 0.816. The SMILES string of the molecule is NC1C[C@@H](NC(=O)OCc2ccccc2)[C@H]2OC3(CCCCC3)OC2[C@@H]1O[C@H]1OC2C(O)C(NC(=O)OCc3ccccc3)C(O[C@H]3OC(CO)[C@@H](NC(=O)OCc4ccccc4)[C@@H]4OC5(CCCCC5)OC34)O[C@H]2C[C@@H]1NC(=O)OCc1ccccc1. The number of alkyl carbamates (subject to hydrolysis) is 4. The van der Waals surface area contributed by atoms with Crippen LogP contribution in [0.5, 0.6) is 0 Å². The molecule has 4 aromatic carbocycles. The third-order valence-electron chi connectivity index (χ3n) is 17.8. The zero-order chi connectivity index (χ0) is 60.6. The molecule has 5 saturated heterocycles. The molecule has 4 aromatic rings. The van der Waals surface area contributed by atoms with Crippen molar-refractivity contribution in [3.63, 3.8) is 0 Å². The van der Waals surface area contributed by atoms with Gasteiger partial charge in [0.15, 0.2) is 30.4 Å². The van der Waals surface area contributed by atoms with Crippen LogP contribution in [0.3, 0.4) is 0 Å². The summed E-state index contributed by atoms with van der Waals surface area (Å²) >= 11 is 0. The second-order valence-corrected chi connectivity index (χ2v) is 24.0. The van der Waals surface area contributed by atoms with Crippen molar-refractivity contribution in [3.8, 4) is 0 Å². The number of carbonyl (C=O) groups is 4. The van der Waals surface area contributed by atoms with Gasteiger partial charge in [0.05, 0.1) is 30.8 Å². The highest BCUT2D eigenvalue weighted by Gasteiger charge is 2.63. The Labute approximate surface area is 509 Å². The van der Waals surface area contributed by atoms with Crippen molar-refractivity contribution in [2.24, 2.45) is 5.73 Å². The summed E-state index contributed by atoms with van der Waals surface area (Å²) < 4.78 is 84.1. The average molecular weight is 1220 g/mol. The van der Waals surface area contributed by atoms with Crippen LogP contribution >= 0.6 is 0 Å². The Morgan fingerprint density at radius 2 is 0.909 bits per heavy atom. The number of rotatable bonds is 17. The molecule has 5 aliphatic heterocycles. The number of hydrogen-bond donors (Lipinski definition) is 7. The van der Waals surface area contributed by atoms with Crippen molar-refractivity contribution in [3.05, 3.63) is 144 Å². The third-order valence-corrected chi connectivity index (χ3v) is 17.8. The second-order valence-electron chi connectivity index (χ2n) is 24.0. The van der Waals surface area contributed by atoms with E-state index in [2.05, 4.69) is 21.3 Å². The number of amides is 4. The van der Waals surface area contributed by atoms with E-state index < -0.39 is 147 Å². The van der Waals surface area contributed by atoms with Crippen LogP contribution in [0, 0.1) is 0 Å². The molecule has 8 unspecified atom stereocenters. The van der Waals surface area contributed by atoms with Gasteiger partial charge < -0.3 is 98.8 Å². The summed E-state index contributed by atoms with van der Waals surface area (Å²) in [6.45, 7) is -0.785. The minimum absolute atomic E-state index is 0.0223. The molecule has 17 atom stereocenters. The lowest BCUT2D eigenvalue weighted by molar-refractivity contribution is -0.370. The molecule has 0 aromatic heterocycles. The van der Waals surface area contributed by atoms with E-state index in [1.165, 1.54) is 0 Å². The summed E-state index contributed by atoms with van der Waals surface area (Å²) in [4.78, 5) is 55.0. The number of aliphatic hydroxyl groups excluding tert-OH is 2. The van der Waals surface area contributed by atoms with E-state index in [-0.39, 0.29) is 39.3 Å². The number of hydrogen-bond acceptors (Lipinski definition) is 20. The van der Waals surface area contributed by atoms with Crippen LogP contribution < -0.4 is 27.0 Å². The summed E-state index contributed by atoms with van der Waals surface area (Å²) in [5.41, 5.74) is 10.1. The van der Waals surface area contributed by atoms with Crippen molar-refractivity contribution in [1.82, 2.24) is 21.3 Å². The van der Waals surface area contributed by atoms with Crippen LogP contribution in [-0.2, 0) is 88.0 Å². The molecule has 4 amide bonds. The lowest BCUT2D eigenvalue weighted by Gasteiger charge is -2.52. The Hall–Kier alpha value is -6.52. The van der Waals surface area contributed by atoms with E-state index in [0.29, 0.717) is 31.2 Å². The molecule has 2 spiro atoms. The standard InChI is InChI=1S/C64H79N5O19/c65-42-31-43(66-59(72)76-34-38-19-7-1-8-20-38)51-54(87-63(85-51)27-15-5-16-28-63)50(42)82-56-44(67-60(73)77-35-39-21-9-2-10-22-39)32-45-52(83-56)49(71)48(69-62(75)79-37-41-25-13-4-14-26-41)57(80-45)84-58-55-53(86-64(88-55)29-17-6-18-30-64)47(46(33-70)81-58)68-61(74)78-36-40-23-11-3-12-24-40/h1-4,7-14,19-26,42-58,70-71H,5-6,15-18,27-37,65H2,(H,66,72)(H,67,73)(H,68,74)(H,69,75)/t42?,43-,44+,45+,46?,47-,48?,49?,50-,51-,52?,53+,54?,55?,56+,57?,58-/m1/s1. The number of nitrogens with two attached hydrogens (primary N) is 1. The monoisotopic (exact) mass is 1220 g/mol. The number of benzene rings is 4. The van der Waals surface area contributed by atoms with Gasteiger partial charge in [0.1, 0.15) is 81.3 Å². The second kappa shape index (κ2) is 28.1. The molecule has 24 nitrogen and oxygen atoms in total. The lowest BCUT2D eigenvalue weighted by atomic mass is 9.84. The smallest absolute Gasteiger partial charge is 0.407 e. The minimum Gasteiger partial charge on any atom is -0.445 e. The maximum atomic E-state index is 14.0. The predicted octanol–water partition coefficient (Wildman–Crippen LogP) is 6.11. The van der Waals surface area contributed by atoms with Gasteiger partial charge in [-0.1, -0.05) is 134 Å². The molecular formula is C64H79N5O19. The fraction of sp³-hybridized carbons (Fsp3) is 0.562. The van der Waals surface area contributed by atoms with Crippen LogP contribution in [0.25, 0.3) is 0 Å². The molecule has 0 bridgehead atoms. The Bertz CT molecular complexity index is 2930. The number of fused-ring (bicyclic) bond motifs is 3. The molecule has 8 fully saturated rings. The van der Waals surface area contributed by atoms with Crippen molar-refractivity contribution >= 4 is 24.4 Å². The van der Waals surface area contributed by atoms with Gasteiger partial charge in [-0.25, -0.2) is 19.2 Å². The van der Waals surface area contributed by atoms with E-state index in [1.807, 2.05) is 97.1 Å². The summed E-state index contributed by atoms with van der Waals surface area (Å²) in [7, 11) is 0. The topological polar surface area (TPSA) is 303 Å². The lowest BCUT2D eigenvalue weighted by Crippen LogP contribution is -2.71. The molecule has 3 aliphatic carbocycles. The Morgan fingerprint density at radius 1 is 0.466 bits per heavy atom. The van der Waals surface area contributed by atoms with E-state index >= 15 is 0 Å². The molecule has 0 radical (unpaired) electrons. The summed E-state index contributed by atoms with van der Waals surface area (Å²) in [6, 6.07) is 31.6. The van der Waals surface area contributed by atoms with E-state index in [0.717, 1.165) is 55.2 Å². The maximum Gasteiger partial charge on any atom is 0.407 e. The first kappa shape index (κ1) is 61.7. The third kappa shape index (κ3) is 14.5. The van der Waals surface area contributed by atoms with Gasteiger partial charge in [0.2, 0.25) is 0 Å². The summed E-state index contributed by atoms with van der Waals surface area (Å²) in [6.07, 6.45) is -9.85. The van der Waals surface area contributed by atoms with Crippen molar-refractivity contribution < 1.29 is 91.0 Å². The van der Waals surface area contributed by atoms with Gasteiger partial charge in [-0.2, -0.15) is 0 Å². The highest BCUT2D eigenvalue weighted by Crippen LogP contribution is 2.48. The number of aliphatic hydroxyl groups is 2. The van der Waals surface area contributed by atoms with Crippen molar-refractivity contribution in [1.29, 1.82) is 0 Å². The van der Waals surface area contributed by atoms with Crippen molar-refractivity contribution in [2.75, 3.05) is 6.61 Å². The zero-order valence-corrected chi connectivity index (χ0v) is 48.8. The Kier molecular flexibility index (Phi) is 19.7. The Morgan fingerprint density at radius 3 is 1.41 bits per heavy atom. The first-order valence-electron chi connectivity index (χ1n) is 30.8. The average Bonchev–Trinajstić information content (AvgIpc) is 1.69. The van der Waals surface area contributed by atoms with Gasteiger partial charge in [-0.3, -0.25) is 0 Å². The first-order valence-corrected chi connectivity index (χ1v) is 30.8. The summed E-state index contributed by atoms with van der Waals surface area (Å²) in [5, 5.41) is 35.4. The number of nitrogens with one attached hydrogen (secondary N) is 4. The fourth-order valence-corrected chi connectivity index (χ4v) is 13.5. The number of ether oxygens (including phenoxy) is 13. The van der Waals surface area contributed by atoms with Gasteiger partial charge in [-0.15, -0.1) is 0 Å². The maximum absolute atomic E-state index is 14.0. The van der Waals surface area contributed by atoms with Crippen LogP contribution in [-0.4, -0.2) is 157 Å². The molecule has 12 rings (SSSR count). The number of carbonyl (C=O) groups excluding carboxylic acids is 4. The molecule has 474 valence electrons. The van der Waals surface area contributed by atoms with E-state index in [9.17, 15) is 29.4 Å². The first-order chi connectivity index (χ1) is 42.9. The zero-order valence-electron chi connectivity index (χ0n) is 48.8. The van der Waals surface area contributed by atoms with Crippen LogP contribution in [0.2, 0.25) is 0 Å². The molecule has 8 aliphatic rings. The van der Waals surface area contributed by atoms with Crippen LogP contribution in [0.4, 0.5) is 19.2 Å². The highest BCUT2D eigenvalue weighted by molar-refractivity contribution is 5.69. The van der Waals surface area contributed by atoms with E-state index in [1.54, 1.807) is 24.3 Å². The molecular weight excluding hydrogens is 1140 g/mol. The predicted molar refractivity (Wildman–Crippen MR) is 308 cm³/mol. The molecule has 5 heterocycles. The minimum atomic E-state index is -1.66. The normalized spacial score (nSPS) is 33.6. The van der Waals surface area contributed by atoms with Gasteiger partial charge in [0, 0.05) is 38.1 Å². The molecule has 8 N–H and O–H groups in total. The largest absolute Gasteiger partial charge is 0.445 e. The van der Waals surface area contributed by atoms with Gasteiger partial charge in [-0.05, 0) is 54.4 Å². The van der Waals surface area contributed by atoms with Crippen LogP contribution in [0.15, 0.2) is 121 Å². The molecule has 24 heteroatoms. The molecule has 3 saturated carbocycles. The molecule has 88 heavy (non-hydrogen) atoms. The fourth-order valence-electron chi connectivity index (χ4n) is 13.5. The highest BCUT2D eigenvalue weighted by atomic mass is 16.8. The van der Waals surface area contributed by atoms with E-state index in [4.69, 9.17) is 67.3 Å².